The average Bonchev–Trinajstić information content (AvgIpc) is 2.97. The van der Waals surface area contributed by atoms with E-state index in [4.69, 9.17) is 0 Å². The highest BCUT2D eigenvalue weighted by molar-refractivity contribution is 4.94. The first kappa shape index (κ1) is 19.1. The highest BCUT2D eigenvalue weighted by Gasteiger charge is 2.20. The van der Waals surface area contributed by atoms with Crippen molar-refractivity contribution in [3.63, 3.8) is 0 Å². The summed E-state index contributed by atoms with van der Waals surface area (Å²) in [5, 5.41) is 12.9. The fraction of sp³-hybridized carbons (Fsp3) is 0.789. The van der Waals surface area contributed by atoms with Crippen LogP contribution < -0.4 is 5.32 Å². The number of hydrogen-bond donors (Lipinski definition) is 2. The van der Waals surface area contributed by atoms with Gasteiger partial charge >= 0.3 is 0 Å². The van der Waals surface area contributed by atoms with Gasteiger partial charge in [0.15, 0.2) is 0 Å². The van der Waals surface area contributed by atoms with Gasteiger partial charge in [0.05, 0.1) is 0 Å². The molecule has 0 aromatic carbocycles. The SMILES string of the molecule is CCCCCCC/C=C/CCCCCC1NC=CN1C(C)O. The van der Waals surface area contributed by atoms with Crippen LogP contribution in [0.4, 0.5) is 0 Å². The molecule has 0 aliphatic carbocycles. The second-order valence-electron chi connectivity index (χ2n) is 6.39. The quantitative estimate of drug-likeness (QED) is 0.375. The summed E-state index contributed by atoms with van der Waals surface area (Å²) in [6.07, 6.45) is 22.7. The Kier molecular flexibility index (Phi) is 10.9. The molecule has 1 aliphatic rings. The fourth-order valence-corrected chi connectivity index (χ4v) is 2.93. The van der Waals surface area contributed by atoms with Crippen LogP contribution in [0.1, 0.15) is 84.5 Å². The van der Waals surface area contributed by atoms with Crippen LogP contribution in [0, 0.1) is 0 Å². The van der Waals surface area contributed by atoms with Crippen molar-refractivity contribution in [3.8, 4) is 0 Å². The Hall–Kier alpha value is -0.960. The Balaban J connectivity index is 1.89. The second-order valence-corrected chi connectivity index (χ2v) is 6.39. The minimum Gasteiger partial charge on any atom is -0.374 e. The molecule has 0 spiro atoms. The summed E-state index contributed by atoms with van der Waals surface area (Å²) in [6.45, 7) is 4.08. The van der Waals surface area contributed by atoms with E-state index in [1.54, 1.807) is 0 Å². The van der Waals surface area contributed by atoms with E-state index in [1.165, 1.54) is 64.2 Å². The van der Waals surface area contributed by atoms with Crippen LogP contribution in [-0.2, 0) is 0 Å². The zero-order valence-corrected chi connectivity index (χ0v) is 14.6. The van der Waals surface area contributed by atoms with Crippen LogP contribution in [0.2, 0.25) is 0 Å². The number of nitrogens with zero attached hydrogens (tertiary/aromatic N) is 1. The molecule has 0 aromatic rings. The fourth-order valence-electron chi connectivity index (χ4n) is 2.93. The third-order valence-corrected chi connectivity index (χ3v) is 4.32. The lowest BCUT2D eigenvalue weighted by Gasteiger charge is -2.28. The van der Waals surface area contributed by atoms with Crippen molar-refractivity contribution in [2.24, 2.45) is 0 Å². The molecule has 1 rings (SSSR count). The smallest absolute Gasteiger partial charge is 0.125 e. The molecule has 1 heterocycles. The molecule has 2 N–H and O–H groups in total. The Labute approximate surface area is 137 Å². The van der Waals surface area contributed by atoms with Crippen LogP contribution in [0.25, 0.3) is 0 Å². The number of rotatable bonds is 13. The minimum absolute atomic E-state index is 0.277. The third kappa shape index (κ3) is 8.47. The molecular formula is C19H36N2O. The van der Waals surface area contributed by atoms with E-state index < -0.39 is 6.23 Å². The molecule has 2 unspecified atom stereocenters. The first-order valence-electron chi connectivity index (χ1n) is 9.29. The predicted molar refractivity (Wildman–Crippen MR) is 95.2 cm³/mol. The molecule has 22 heavy (non-hydrogen) atoms. The van der Waals surface area contributed by atoms with Gasteiger partial charge in [0.25, 0.3) is 0 Å². The lowest BCUT2D eigenvalue weighted by molar-refractivity contribution is 0.0254. The Bertz CT molecular complexity index is 313. The number of nitrogens with one attached hydrogen (secondary N) is 1. The molecule has 0 aromatic heterocycles. The largest absolute Gasteiger partial charge is 0.374 e. The molecule has 0 bridgehead atoms. The summed E-state index contributed by atoms with van der Waals surface area (Å²) in [7, 11) is 0. The van der Waals surface area contributed by atoms with Crippen LogP contribution in [0.5, 0.6) is 0 Å². The van der Waals surface area contributed by atoms with E-state index in [0.717, 1.165) is 6.42 Å². The molecule has 3 nitrogen and oxygen atoms in total. The minimum atomic E-state index is -0.406. The molecule has 0 amide bonds. The van der Waals surface area contributed by atoms with Crippen molar-refractivity contribution < 1.29 is 5.11 Å². The van der Waals surface area contributed by atoms with E-state index in [2.05, 4.69) is 24.4 Å². The van der Waals surface area contributed by atoms with Crippen molar-refractivity contribution in [1.29, 1.82) is 0 Å². The highest BCUT2D eigenvalue weighted by Crippen LogP contribution is 2.15. The maximum Gasteiger partial charge on any atom is 0.125 e. The first-order chi connectivity index (χ1) is 10.8. The molecule has 2 atom stereocenters. The van der Waals surface area contributed by atoms with Gasteiger partial charge in [0, 0.05) is 12.4 Å². The summed E-state index contributed by atoms with van der Waals surface area (Å²) in [6, 6.07) is 0. The number of hydrogen-bond acceptors (Lipinski definition) is 3. The van der Waals surface area contributed by atoms with Gasteiger partial charge in [-0.3, -0.25) is 0 Å². The van der Waals surface area contributed by atoms with Crippen LogP contribution in [0.3, 0.4) is 0 Å². The first-order valence-corrected chi connectivity index (χ1v) is 9.29. The van der Waals surface area contributed by atoms with Crippen molar-refractivity contribution in [3.05, 3.63) is 24.6 Å². The van der Waals surface area contributed by atoms with E-state index in [0.29, 0.717) is 0 Å². The Morgan fingerprint density at radius 3 is 2.32 bits per heavy atom. The Morgan fingerprint density at radius 2 is 1.68 bits per heavy atom. The van der Waals surface area contributed by atoms with Crippen LogP contribution in [0.15, 0.2) is 24.6 Å². The number of allylic oxidation sites excluding steroid dienone is 2. The van der Waals surface area contributed by atoms with Gasteiger partial charge in [-0.05, 0) is 45.4 Å². The van der Waals surface area contributed by atoms with Gasteiger partial charge in [-0.15, -0.1) is 0 Å². The maximum atomic E-state index is 9.64. The number of aliphatic hydroxyl groups is 1. The average molecular weight is 309 g/mol. The van der Waals surface area contributed by atoms with Crippen molar-refractivity contribution in [1.82, 2.24) is 10.2 Å². The number of aliphatic hydroxyl groups excluding tert-OH is 1. The van der Waals surface area contributed by atoms with Gasteiger partial charge in [0.1, 0.15) is 12.4 Å². The van der Waals surface area contributed by atoms with E-state index in [1.807, 2.05) is 24.2 Å². The van der Waals surface area contributed by atoms with Gasteiger partial charge in [-0.1, -0.05) is 51.2 Å². The second kappa shape index (κ2) is 12.6. The highest BCUT2D eigenvalue weighted by atomic mass is 16.3. The van der Waals surface area contributed by atoms with E-state index >= 15 is 0 Å². The van der Waals surface area contributed by atoms with Crippen LogP contribution >= 0.6 is 0 Å². The summed E-state index contributed by atoms with van der Waals surface area (Å²) in [5.41, 5.74) is 0. The normalized spacial score (nSPS) is 19.0. The van der Waals surface area contributed by atoms with Crippen molar-refractivity contribution in [2.75, 3.05) is 0 Å². The number of unbranched alkanes of at least 4 members (excludes halogenated alkanes) is 8. The van der Waals surface area contributed by atoms with Gasteiger partial charge in [-0.25, -0.2) is 0 Å². The zero-order valence-electron chi connectivity index (χ0n) is 14.6. The molecule has 0 radical (unpaired) electrons. The van der Waals surface area contributed by atoms with Crippen molar-refractivity contribution >= 4 is 0 Å². The molecule has 1 aliphatic heterocycles. The molecule has 0 fully saturated rings. The lowest BCUT2D eigenvalue weighted by atomic mass is 10.1. The Morgan fingerprint density at radius 1 is 1.05 bits per heavy atom. The van der Waals surface area contributed by atoms with Crippen LogP contribution in [-0.4, -0.2) is 22.4 Å². The summed E-state index contributed by atoms with van der Waals surface area (Å²) in [4.78, 5) is 1.98. The maximum absolute atomic E-state index is 9.64. The third-order valence-electron chi connectivity index (χ3n) is 4.32. The molecule has 0 saturated carbocycles. The van der Waals surface area contributed by atoms with Gasteiger partial charge in [0.2, 0.25) is 0 Å². The topological polar surface area (TPSA) is 35.5 Å². The van der Waals surface area contributed by atoms with E-state index in [-0.39, 0.29) is 6.17 Å². The molecular weight excluding hydrogens is 272 g/mol. The predicted octanol–water partition coefficient (Wildman–Crippen LogP) is 4.89. The molecule has 128 valence electrons. The van der Waals surface area contributed by atoms with Crippen molar-refractivity contribution in [2.45, 2.75) is 96.9 Å². The summed E-state index contributed by atoms with van der Waals surface area (Å²) >= 11 is 0. The summed E-state index contributed by atoms with van der Waals surface area (Å²) < 4.78 is 0. The standard InChI is InChI=1S/C19H36N2O/c1-3-4-5-6-7-8-9-10-11-12-13-14-15-19-20-16-17-21(19)18(2)22/h9-10,16-20,22H,3-8,11-15H2,1-2H3/b10-9+. The van der Waals surface area contributed by atoms with Gasteiger partial charge < -0.3 is 15.3 Å². The lowest BCUT2D eigenvalue weighted by Crippen LogP contribution is -2.40. The monoisotopic (exact) mass is 308 g/mol. The molecule has 0 saturated heterocycles. The van der Waals surface area contributed by atoms with E-state index in [9.17, 15) is 5.11 Å². The van der Waals surface area contributed by atoms with Gasteiger partial charge in [-0.2, -0.15) is 0 Å². The summed E-state index contributed by atoms with van der Waals surface area (Å²) in [5.74, 6) is 0. The zero-order chi connectivity index (χ0) is 16.0. The molecule has 3 heteroatoms.